The number of benzene rings is 2. The third kappa shape index (κ3) is 2.29. The van der Waals surface area contributed by atoms with Crippen molar-refractivity contribution in [3.05, 3.63) is 60.3 Å². The standard InChI is InChI=1S/C20H18N2O/c1-20(2,3)18-17-16(14-11-7-8-12-15(14)23-17)21-19(22-18)13-9-5-4-6-10-13/h4-12H,1-3H3. The quantitative estimate of drug-likeness (QED) is 0.476. The predicted octanol–water partition coefficient (Wildman–Crippen LogP) is 5.34. The van der Waals surface area contributed by atoms with E-state index in [0.29, 0.717) is 0 Å². The maximum absolute atomic E-state index is 6.08. The third-order valence-electron chi connectivity index (χ3n) is 3.96. The van der Waals surface area contributed by atoms with Gasteiger partial charge in [0, 0.05) is 16.4 Å². The fourth-order valence-corrected chi connectivity index (χ4v) is 2.82. The second-order valence-corrected chi connectivity index (χ2v) is 6.79. The van der Waals surface area contributed by atoms with Crippen LogP contribution < -0.4 is 0 Å². The average molecular weight is 302 g/mol. The van der Waals surface area contributed by atoms with E-state index in [1.54, 1.807) is 0 Å². The summed E-state index contributed by atoms with van der Waals surface area (Å²) >= 11 is 0. The Morgan fingerprint density at radius 1 is 0.826 bits per heavy atom. The highest BCUT2D eigenvalue weighted by atomic mass is 16.3. The van der Waals surface area contributed by atoms with Crippen LogP contribution in [0, 0.1) is 0 Å². The molecule has 114 valence electrons. The molecule has 0 radical (unpaired) electrons. The Hall–Kier alpha value is -2.68. The van der Waals surface area contributed by atoms with Crippen molar-refractivity contribution in [2.24, 2.45) is 0 Å². The molecule has 0 aliphatic rings. The molecular formula is C20H18N2O. The SMILES string of the molecule is CC(C)(C)c1nc(-c2ccccc2)nc2c1oc1ccccc12. The number of para-hydroxylation sites is 1. The van der Waals surface area contributed by atoms with Crippen LogP contribution in [0.5, 0.6) is 0 Å². The molecule has 0 saturated heterocycles. The van der Waals surface area contributed by atoms with Gasteiger partial charge in [-0.1, -0.05) is 63.2 Å². The molecule has 2 aromatic carbocycles. The molecule has 3 heteroatoms. The Kier molecular flexibility index (Phi) is 2.98. The van der Waals surface area contributed by atoms with Crippen molar-refractivity contribution in [3.63, 3.8) is 0 Å². The smallest absolute Gasteiger partial charge is 0.175 e. The Morgan fingerprint density at radius 3 is 2.26 bits per heavy atom. The van der Waals surface area contributed by atoms with E-state index in [4.69, 9.17) is 14.4 Å². The van der Waals surface area contributed by atoms with Crippen LogP contribution in [-0.4, -0.2) is 9.97 Å². The van der Waals surface area contributed by atoms with E-state index in [-0.39, 0.29) is 5.41 Å². The summed E-state index contributed by atoms with van der Waals surface area (Å²) in [5.74, 6) is 0.745. The summed E-state index contributed by atoms with van der Waals surface area (Å²) in [6, 6.07) is 18.1. The molecule has 4 aromatic rings. The number of fused-ring (bicyclic) bond motifs is 3. The van der Waals surface area contributed by atoms with Gasteiger partial charge in [0.05, 0.1) is 5.69 Å². The van der Waals surface area contributed by atoms with Gasteiger partial charge in [-0.3, -0.25) is 0 Å². The number of rotatable bonds is 1. The van der Waals surface area contributed by atoms with Gasteiger partial charge in [-0.15, -0.1) is 0 Å². The Balaban J connectivity index is 2.12. The molecule has 23 heavy (non-hydrogen) atoms. The van der Waals surface area contributed by atoms with E-state index in [2.05, 4.69) is 26.8 Å². The first-order valence-electron chi connectivity index (χ1n) is 7.79. The lowest BCUT2D eigenvalue weighted by molar-refractivity contribution is 0.552. The summed E-state index contributed by atoms with van der Waals surface area (Å²) < 4.78 is 6.08. The van der Waals surface area contributed by atoms with Gasteiger partial charge in [-0.25, -0.2) is 9.97 Å². The minimum absolute atomic E-state index is 0.126. The molecule has 0 bridgehead atoms. The minimum atomic E-state index is -0.126. The van der Waals surface area contributed by atoms with Gasteiger partial charge in [-0.2, -0.15) is 0 Å². The molecule has 2 aromatic heterocycles. The highest BCUT2D eigenvalue weighted by molar-refractivity contribution is 6.03. The van der Waals surface area contributed by atoms with Crippen LogP contribution in [0.1, 0.15) is 26.5 Å². The van der Waals surface area contributed by atoms with Crippen molar-refractivity contribution >= 4 is 22.1 Å². The summed E-state index contributed by atoms with van der Waals surface area (Å²) in [7, 11) is 0. The van der Waals surface area contributed by atoms with Crippen molar-refractivity contribution in [3.8, 4) is 11.4 Å². The fraction of sp³-hybridized carbons (Fsp3) is 0.200. The van der Waals surface area contributed by atoms with E-state index in [9.17, 15) is 0 Å². The molecule has 0 fully saturated rings. The molecule has 0 saturated carbocycles. The number of aromatic nitrogens is 2. The fourth-order valence-electron chi connectivity index (χ4n) is 2.82. The van der Waals surface area contributed by atoms with Crippen LogP contribution in [-0.2, 0) is 5.41 Å². The van der Waals surface area contributed by atoms with Crippen molar-refractivity contribution in [1.29, 1.82) is 0 Å². The van der Waals surface area contributed by atoms with Gasteiger partial charge in [-0.05, 0) is 12.1 Å². The lowest BCUT2D eigenvalue weighted by Gasteiger charge is -2.18. The van der Waals surface area contributed by atoms with E-state index >= 15 is 0 Å². The molecule has 4 rings (SSSR count). The lowest BCUT2D eigenvalue weighted by Crippen LogP contribution is -2.15. The van der Waals surface area contributed by atoms with Crippen LogP contribution in [0.4, 0.5) is 0 Å². The highest BCUT2D eigenvalue weighted by Crippen LogP contribution is 2.35. The van der Waals surface area contributed by atoms with E-state index in [0.717, 1.165) is 39.2 Å². The molecular weight excluding hydrogens is 284 g/mol. The molecule has 0 atom stereocenters. The first kappa shape index (κ1) is 13.9. The van der Waals surface area contributed by atoms with Crippen LogP contribution in [0.3, 0.4) is 0 Å². The first-order chi connectivity index (χ1) is 11.0. The highest BCUT2D eigenvalue weighted by Gasteiger charge is 2.25. The lowest BCUT2D eigenvalue weighted by atomic mass is 9.91. The molecule has 2 heterocycles. The average Bonchev–Trinajstić information content (AvgIpc) is 2.92. The van der Waals surface area contributed by atoms with Crippen LogP contribution in [0.2, 0.25) is 0 Å². The van der Waals surface area contributed by atoms with Gasteiger partial charge in [0.25, 0.3) is 0 Å². The first-order valence-corrected chi connectivity index (χ1v) is 7.79. The summed E-state index contributed by atoms with van der Waals surface area (Å²) in [4.78, 5) is 9.64. The molecule has 3 nitrogen and oxygen atoms in total. The Bertz CT molecular complexity index is 995. The van der Waals surface area contributed by atoms with E-state index < -0.39 is 0 Å². The summed E-state index contributed by atoms with van der Waals surface area (Å²) in [5.41, 5.74) is 4.37. The molecule has 0 amide bonds. The van der Waals surface area contributed by atoms with Crippen molar-refractivity contribution < 1.29 is 4.42 Å². The molecule has 0 aliphatic carbocycles. The largest absolute Gasteiger partial charge is 0.452 e. The predicted molar refractivity (Wildman–Crippen MR) is 93.4 cm³/mol. The van der Waals surface area contributed by atoms with Crippen LogP contribution in [0.25, 0.3) is 33.5 Å². The Labute approximate surface area is 135 Å². The zero-order valence-electron chi connectivity index (χ0n) is 13.5. The van der Waals surface area contributed by atoms with Gasteiger partial charge in [0.2, 0.25) is 0 Å². The van der Waals surface area contributed by atoms with Crippen LogP contribution in [0.15, 0.2) is 59.0 Å². The molecule has 0 N–H and O–H groups in total. The molecule has 0 aliphatic heterocycles. The minimum Gasteiger partial charge on any atom is -0.452 e. The number of nitrogens with zero attached hydrogens (tertiary/aromatic N) is 2. The summed E-state index contributed by atoms with van der Waals surface area (Å²) in [5, 5.41) is 1.03. The normalized spacial score (nSPS) is 12.1. The van der Waals surface area contributed by atoms with Crippen molar-refractivity contribution in [1.82, 2.24) is 9.97 Å². The maximum Gasteiger partial charge on any atom is 0.175 e. The van der Waals surface area contributed by atoms with E-state index in [1.807, 2.05) is 48.5 Å². The third-order valence-corrected chi connectivity index (χ3v) is 3.96. The second-order valence-electron chi connectivity index (χ2n) is 6.79. The summed E-state index contributed by atoms with van der Waals surface area (Å²) in [6.07, 6.45) is 0. The van der Waals surface area contributed by atoms with Gasteiger partial charge in [0.1, 0.15) is 11.1 Å². The van der Waals surface area contributed by atoms with E-state index in [1.165, 1.54) is 0 Å². The topological polar surface area (TPSA) is 38.9 Å². The van der Waals surface area contributed by atoms with Crippen LogP contribution >= 0.6 is 0 Å². The van der Waals surface area contributed by atoms with Gasteiger partial charge >= 0.3 is 0 Å². The van der Waals surface area contributed by atoms with Crippen molar-refractivity contribution in [2.45, 2.75) is 26.2 Å². The zero-order valence-corrected chi connectivity index (χ0v) is 13.5. The number of hydrogen-bond acceptors (Lipinski definition) is 3. The molecule has 0 unspecified atom stereocenters. The maximum atomic E-state index is 6.08. The zero-order chi connectivity index (χ0) is 16.0. The van der Waals surface area contributed by atoms with Gasteiger partial charge in [0.15, 0.2) is 11.4 Å². The van der Waals surface area contributed by atoms with Crippen molar-refractivity contribution in [2.75, 3.05) is 0 Å². The second kappa shape index (κ2) is 4.92. The monoisotopic (exact) mass is 302 g/mol. The number of hydrogen-bond donors (Lipinski definition) is 0. The molecule has 0 spiro atoms. The van der Waals surface area contributed by atoms with Gasteiger partial charge < -0.3 is 4.42 Å². The summed E-state index contributed by atoms with van der Waals surface area (Å²) in [6.45, 7) is 6.45. The number of furan rings is 1. The Morgan fingerprint density at radius 2 is 1.52 bits per heavy atom.